The summed E-state index contributed by atoms with van der Waals surface area (Å²) in [6.45, 7) is -0.00927. The van der Waals surface area contributed by atoms with Crippen molar-refractivity contribution in [3.63, 3.8) is 0 Å². The number of benzene rings is 6. The minimum absolute atomic E-state index is 0.0132. The van der Waals surface area contributed by atoms with Gasteiger partial charge in [0.05, 0.1) is 0 Å². The van der Waals surface area contributed by atoms with Crippen molar-refractivity contribution in [3.05, 3.63) is 148 Å². The molecule has 1 N–H and O–H groups in total. The molecule has 0 radical (unpaired) electrons. The highest BCUT2D eigenvalue weighted by molar-refractivity contribution is 6.24. The number of fused-ring (bicyclic) bond motifs is 5. The molecule has 0 amide bonds. The second kappa shape index (κ2) is 12.5. The van der Waals surface area contributed by atoms with Crippen LogP contribution in [-0.2, 0) is 6.54 Å². The van der Waals surface area contributed by atoms with Crippen molar-refractivity contribution in [2.45, 2.75) is 6.54 Å². The summed E-state index contributed by atoms with van der Waals surface area (Å²) in [5.74, 6) is -5.47. The van der Waals surface area contributed by atoms with Crippen molar-refractivity contribution >= 4 is 69.4 Å². The average molecular weight is 730 g/mol. The summed E-state index contributed by atoms with van der Waals surface area (Å²) in [5, 5.41) is 6.74. The molecule has 0 spiro atoms. The van der Waals surface area contributed by atoms with E-state index in [0.29, 0.717) is 11.3 Å². The van der Waals surface area contributed by atoms with Crippen molar-refractivity contribution in [2.24, 2.45) is 15.0 Å². The molecule has 0 bridgehead atoms. The number of rotatable bonds is 5. The largest absolute Gasteiger partial charge is 0.472 e. The van der Waals surface area contributed by atoms with E-state index < -0.39 is 34.9 Å². The van der Waals surface area contributed by atoms with E-state index in [1.807, 2.05) is 48.5 Å². The maximum Gasteiger partial charge on any atom is 0.227 e. The number of halogens is 6. The van der Waals surface area contributed by atoms with Crippen LogP contribution in [0.3, 0.4) is 0 Å². The molecule has 2 aliphatic rings. The zero-order valence-electron chi connectivity index (χ0n) is 28.5. The standard InChI is InChI=1S/C40H25BF6N6O/c1-48-36-25-13-31(44)32(45)14-26(25)37(49-36)50-39-27-15-33(46)34(47)16-28(27)40(53(39)41)51-38-24-12-30(43)29(42)11-21(24)17-52(38)18-54-35-22-8-4-2-6-19(22)10-20-7-3-5-9-23(20)35/h2-16H,17-18,41H2,1H3,(H,48,49,50)/b51-38-. The van der Waals surface area contributed by atoms with Crippen molar-refractivity contribution < 1.29 is 31.1 Å². The van der Waals surface area contributed by atoms with Crippen LogP contribution in [0.15, 0.2) is 106 Å². The number of hydrogen-bond acceptors (Lipinski definition) is 4. The van der Waals surface area contributed by atoms with E-state index in [0.717, 1.165) is 57.9 Å². The van der Waals surface area contributed by atoms with Gasteiger partial charge in [-0.05, 0) is 58.8 Å². The minimum atomic E-state index is -1.16. The van der Waals surface area contributed by atoms with Crippen LogP contribution in [-0.4, -0.2) is 48.6 Å². The van der Waals surface area contributed by atoms with E-state index in [1.165, 1.54) is 4.48 Å². The summed E-state index contributed by atoms with van der Waals surface area (Å²) in [4.78, 5) is 15.7. The first-order chi connectivity index (χ1) is 26.1. The molecule has 0 saturated heterocycles. The van der Waals surface area contributed by atoms with Gasteiger partial charge in [-0.15, -0.1) is 0 Å². The molecule has 0 saturated carbocycles. The van der Waals surface area contributed by atoms with E-state index in [4.69, 9.17) is 9.73 Å². The minimum Gasteiger partial charge on any atom is -0.472 e. The Morgan fingerprint density at radius 2 is 1.20 bits per heavy atom. The maximum absolute atomic E-state index is 14.9. The molecule has 3 heterocycles. The monoisotopic (exact) mass is 730 g/mol. The lowest BCUT2D eigenvalue weighted by Gasteiger charge is -2.21. The Balaban J connectivity index is 1.21. The van der Waals surface area contributed by atoms with Crippen LogP contribution in [0.25, 0.3) is 32.3 Å². The highest BCUT2D eigenvalue weighted by Crippen LogP contribution is 2.41. The zero-order chi connectivity index (χ0) is 37.4. The van der Waals surface area contributed by atoms with Crippen LogP contribution in [0, 0.1) is 34.9 Å². The van der Waals surface area contributed by atoms with Gasteiger partial charge in [0.15, 0.2) is 47.5 Å². The Labute approximate surface area is 304 Å². The number of aromatic nitrogens is 1. The van der Waals surface area contributed by atoms with Crippen LogP contribution in [0.2, 0.25) is 0 Å². The highest BCUT2D eigenvalue weighted by Gasteiger charge is 2.31. The second-order valence-corrected chi connectivity index (χ2v) is 13.0. The SMILES string of the molecule is Bn1c(/N=C2\N=C(NC)c3cc(F)c(F)cc32)c2cc(F)c(F)cc2c1/N=C1/c2cc(F)c(F)cc2CN1COc1c2ccccc2cc2ccccc12. The number of hydrogen-bond donors (Lipinski definition) is 1. The van der Waals surface area contributed by atoms with E-state index in [9.17, 15) is 26.3 Å². The first kappa shape index (κ1) is 33.3. The molecule has 0 fully saturated rings. The van der Waals surface area contributed by atoms with E-state index in [2.05, 4.69) is 21.4 Å². The average Bonchev–Trinajstić information content (AvgIpc) is 3.75. The number of amidine groups is 3. The van der Waals surface area contributed by atoms with Crippen LogP contribution in [0.4, 0.5) is 38.0 Å². The number of nitrogens with one attached hydrogen (secondary N) is 1. The third kappa shape index (κ3) is 5.27. The number of aliphatic imine (C=N–C) groups is 3. The molecule has 9 rings (SSSR count). The lowest BCUT2D eigenvalue weighted by molar-refractivity contribution is 0.196. The molecule has 7 aromatic rings. The molecule has 1 aromatic heterocycles. The van der Waals surface area contributed by atoms with Gasteiger partial charge in [0.2, 0.25) is 7.98 Å². The smallest absolute Gasteiger partial charge is 0.227 e. The van der Waals surface area contributed by atoms with Gasteiger partial charge in [0.1, 0.15) is 29.1 Å². The van der Waals surface area contributed by atoms with Crippen molar-refractivity contribution in [1.82, 2.24) is 14.7 Å². The van der Waals surface area contributed by atoms with Gasteiger partial charge in [0.25, 0.3) is 0 Å². The normalized spacial score (nSPS) is 15.2. The summed E-state index contributed by atoms with van der Waals surface area (Å²) in [6, 6.07) is 23.6. The molecule has 2 aliphatic heterocycles. The quantitative estimate of drug-likeness (QED) is 0.111. The predicted octanol–water partition coefficient (Wildman–Crippen LogP) is 8.17. The molecule has 14 heteroatoms. The van der Waals surface area contributed by atoms with E-state index in [-0.39, 0.29) is 69.9 Å². The molecule has 0 unspecified atom stereocenters. The summed E-state index contributed by atoms with van der Waals surface area (Å²) in [6.07, 6.45) is 0. The Morgan fingerprint density at radius 1 is 0.667 bits per heavy atom. The molecular formula is C40H25BF6N6O. The van der Waals surface area contributed by atoms with Gasteiger partial charge < -0.3 is 19.4 Å². The summed E-state index contributed by atoms with van der Waals surface area (Å²) in [7, 11) is 3.12. The van der Waals surface area contributed by atoms with Crippen LogP contribution in [0.1, 0.15) is 22.3 Å². The molecule has 6 aromatic carbocycles. The van der Waals surface area contributed by atoms with Crippen LogP contribution < -0.4 is 10.1 Å². The molecular weight excluding hydrogens is 705 g/mol. The predicted molar refractivity (Wildman–Crippen MR) is 199 cm³/mol. The lowest BCUT2D eigenvalue weighted by atomic mass is 10.0. The number of nitrogens with zero attached hydrogens (tertiary/aromatic N) is 5. The molecule has 266 valence electrons. The van der Waals surface area contributed by atoms with Crippen molar-refractivity contribution in [2.75, 3.05) is 13.8 Å². The van der Waals surface area contributed by atoms with E-state index >= 15 is 0 Å². The molecule has 0 aliphatic carbocycles. The van der Waals surface area contributed by atoms with Gasteiger partial charge in [-0.3, -0.25) is 0 Å². The van der Waals surface area contributed by atoms with E-state index in [1.54, 1.807) is 19.9 Å². The van der Waals surface area contributed by atoms with Crippen LogP contribution in [0.5, 0.6) is 5.75 Å². The Kier molecular flexibility index (Phi) is 7.73. The van der Waals surface area contributed by atoms with Gasteiger partial charge in [0, 0.05) is 51.8 Å². The fourth-order valence-electron chi connectivity index (χ4n) is 7.16. The lowest BCUT2D eigenvalue weighted by Crippen LogP contribution is -2.29. The molecule has 0 atom stereocenters. The van der Waals surface area contributed by atoms with Gasteiger partial charge in [-0.2, -0.15) is 0 Å². The second-order valence-electron chi connectivity index (χ2n) is 13.0. The fraction of sp³-hybridized carbons (Fsp3) is 0.0750. The highest BCUT2D eigenvalue weighted by atomic mass is 19.2. The summed E-state index contributed by atoms with van der Waals surface area (Å²) < 4.78 is 95.9. The third-order valence-electron chi connectivity index (χ3n) is 9.75. The van der Waals surface area contributed by atoms with Crippen molar-refractivity contribution in [3.8, 4) is 5.75 Å². The van der Waals surface area contributed by atoms with Crippen molar-refractivity contribution in [1.29, 1.82) is 0 Å². The molecule has 54 heavy (non-hydrogen) atoms. The topological polar surface area (TPSA) is 66.5 Å². The summed E-state index contributed by atoms with van der Waals surface area (Å²) >= 11 is 0. The first-order valence-corrected chi connectivity index (χ1v) is 16.8. The fourth-order valence-corrected chi connectivity index (χ4v) is 7.16. The Morgan fingerprint density at radius 3 is 1.83 bits per heavy atom. The van der Waals surface area contributed by atoms with Gasteiger partial charge in [-0.25, -0.2) is 41.3 Å². The van der Waals surface area contributed by atoms with Crippen LogP contribution >= 0.6 is 0 Å². The summed E-state index contributed by atoms with van der Waals surface area (Å²) in [5.41, 5.74) is 1.14. The Bertz CT molecular complexity index is 2800. The zero-order valence-corrected chi connectivity index (χ0v) is 28.5. The van der Waals surface area contributed by atoms with Gasteiger partial charge in [-0.1, -0.05) is 48.5 Å². The third-order valence-corrected chi connectivity index (χ3v) is 9.75. The molecule has 7 nitrogen and oxygen atoms in total. The Hall–Kier alpha value is -6.57. The maximum atomic E-state index is 14.9. The van der Waals surface area contributed by atoms with Gasteiger partial charge >= 0.3 is 0 Å². The first-order valence-electron chi connectivity index (χ1n) is 16.8. The number of ether oxygens (including phenoxy) is 1.